The van der Waals surface area contributed by atoms with Gasteiger partial charge in [0.05, 0.1) is 5.56 Å². The van der Waals surface area contributed by atoms with E-state index < -0.39 is 18.0 Å². The maximum atomic E-state index is 13.0. The molecular weight excluding hydrogens is 288 g/mol. The number of alkyl halides is 2. The molecule has 0 bridgehead atoms. The third-order valence-electron chi connectivity index (χ3n) is 4.03. The predicted octanol–water partition coefficient (Wildman–Crippen LogP) is 3.73. The topological polar surface area (TPSA) is 46.9 Å². The van der Waals surface area contributed by atoms with Gasteiger partial charge in [-0.05, 0) is 29.9 Å². The van der Waals surface area contributed by atoms with Gasteiger partial charge in [-0.3, -0.25) is 9.48 Å². The van der Waals surface area contributed by atoms with Crippen molar-refractivity contribution in [2.75, 3.05) is 5.32 Å². The Hall–Kier alpha value is -2.24. The molecule has 1 aromatic carbocycles. The fourth-order valence-corrected chi connectivity index (χ4v) is 2.72. The summed E-state index contributed by atoms with van der Waals surface area (Å²) in [7, 11) is 1.52. The van der Waals surface area contributed by atoms with Crippen LogP contribution in [0.3, 0.4) is 0 Å². The number of amides is 1. The first-order valence-electron chi connectivity index (χ1n) is 7.19. The molecule has 2 atom stereocenters. The molecule has 1 aromatic heterocycles. The van der Waals surface area contributed by atoms with Crippen molar-refractivity contribution in [3.05, 3.63) is 47.3 Å². The number of para-hydroxylation sites is 1. The predicted molar refractivity (Wildman–Crippen MR) is 79.1 cm³/mol. The maximum Gasteiger partial charge on any atom is 0.282 e. The highest BCUT2D eigenvalue weighted by Gasteiger charge is 2.35. The molecule has 3 rings (SSSR count). The van der Waals surface area contributed by atoms with Crippen LogP contribution in [0.25, 0.3) is 0 Å². The minimum Gasteiger partial charge on any atom is -0.322 e. The zero-order chi connectivity index (χ0) is 15.9. The van der Waals surface area contributed by atoms with Crippen molar-refractivity contribution in [1.82, 2.24) is 9.78 Å². The lowest BCUT2D eigenvalue weighted by atomic mass is 10.1. The van der Waals surface area contributed by atoms with E-state index in [-0.39, 0.29) is 5.56 Å². The number of aryl methyl sites for hydroxylation is 1. The number of anilines is 1. The van der Waals surface area contributed by atoms with Crippen LogP contribution in [0.15, 0.2) is 30.5 Å². The van der Waals surface area contributed by atoms with Crippen LogP contribution in [-0.4, -0.2) is 15.7 Å². The summed E-state index contributed by atoms with van der Waals surface area (Å²) in [6.45, 7) is 2.15. The van der Waals surface area contributed by atoms with Gasteiger partial charge in [-0.2, -0.15) is 5.10 Å². The lowest BCUT2D eigenvalue weighted by molar-refractivity contribution is 0.101. The van der Waals surface area contributed by atoms with Gasteiger partial charge in [0.2, 0.25) is 0 Å². The summed E-state index contributed by atoms with van der Waals surface area (Å²) in [5, 5.41) is 6.41. The molecule has 1 aliphatic carbocycles. The summed E-state index contributed by atoms with van der Waals surface area (Å²) in [6, 6.07) is 7.52. The van der Waals surface area contributed by atoms with Crippen LogP contribution in [0, 0.1) is 5.92 Å². The van der Waals surface area contributed by atoms with E-state index in [0.29, 0.717) is 17.5 Å². The molecule has 1 saturated carbocycles. The number of hydrogen-bond acceptors (Lipinski definition) is 2. The van der Waals surface area contributed by atoms with Crippen molar-refractivity contribution in [3.8, 4) is 0 Å². The Morgan fingerprint density at radius 3 is 2.73 bits per heavy atom. The minimum absolute atomic E-state index is 0.0869. The second-order valence-corrected chi connectivity index (χ2v) is 5.76. The fourth-order valence-electron chi connectivity index (χ4n) is 2.72. The Bertz CT molecular complexity index is 711. The van der Waals surface area contributed by atoms with Gasteiger partial charge in [0.15, 0.2) is 0 Å². The number of carbonyl (C=O) groups excluding carboxylic acids is 1. The molecule has 0 spiro atoms. The first-order chi connectivity index (χ1) is 10.5. The van der Waals surface area contributed by atoms with Gasteiger partial charge in [0.25, 0.3) is 12.3 Å². The van der Waals surface area contributed by atoms with Gasteiger partial charge in [-0.25, -0.2) is 8.78 Å². The number of rotatable bonds is 4. The monoisotopic (exact) mass is 305 g/mol. The van der Waals surface area contributed by atoms with E-state index >= 15 is 0 Å². The molecule has 1 N–H and O–H groups in total. The van der Waals surface area contributed by atoms with Gasteiger partial charge < -0.3 is 5.32 Å². The first kappa shape index (κ1) is 14.7. The standard InChI is InChI=1S/C16H17F2N3O/c1-9-7-11(9)10-5-3-4-6-13(10)19-16(22)12-8-21(2)20-14(12)15(17)18/h3-6,8-9,11,15H,7H2,1-2H3,(H,19,22). The zero-order valence-electron chi connectivity index (χ0n) is 12.4. The molecular formula is C16H17F2N3O. The van der Waals surface area contributed by atoms with Crippen molar-refractivity contribution < 1.29 is 13.6 Å². The molecule has 1 aliphatic rings. The third-order valence-corrected chi connectivity index (χ3v) is 4.03. The SMILES string of the molecule is CC1CC1c1ccccc1NC(=O)c1cn(C)nc1C(F)F. The van der Waals surface area contributed by atoms with Crippen LogP contribution in [0.1, 0.15) is 47.3 Å². The lowest BCUT2D eigenvalue weighted by Gasteiger charge is -2.10. The smallest absolute Gasteiger partial charge is 0.282 e. The molecule has 116 valence electrons. The van der Waals surface area contributed by atoms with E-state index in [9.17, 15) is 13.6 Å². The Labute approximate surface area is 127 Å². The van der Waals surface area contributed by atoms with Gasteiger partial charge in [0, 0.05) is 18.9 Å². The highest BCUT2D eigenvalue weighted by Crippen LogP contribution is 2.49. The molecule has 0 aliphatic heterocycles. The van der Waals surface area contributed by atoms with Crippen molar-refractivity contribution in [3.63, 3.8) is 0 Å². The number of nitrogens with zero attached hydrogens (tertiary/aromatic N) is 2. The van der Waals surface area contributed by atoms with Crippen LogP contribution < -0.4 is 5.32 Å². The normalized spacial score (nSPS) is 20.2. The highest BCUT2D eigenvalue weighted by atomic mass is 19.3. The molecule has 1 fully saturated rings. The van der Waals surface area contributed by atoms with E-state index in [1.165, 1.54) is 17.9 Å². The van der Waals surface area contributed by atoms with Gasteiger partial charge in [-0.15, -0.1) is 0 Å². The van der Waals surface area contributed by atoms with Gasteiger partial charge in [0.1, 0.15) is 5.69 Å². The van der Waals surface area contributed by atoms with Crippen LogP contribution in [0.5, 0.6) is 0 Å². The van der Waals surface area contributed by atoms with Crippen LogP contribution in [0.4, 0.5) is 14.5 Å². The van der Waals surface area contributed by atoms with Crippen molar-refractivity contribution >= 4 is 11.6 Å². The van der Waals surface area contributed by atoms with Crippen LogP contribution in [-0.2, 0) is 7.05 Å². The van der Waals surface area contributed by atoms with E-state index in [1.54, 1.807) is 6.07 Å². The third kappa shape index (κ3) is 2.73. The molecule has 4 nitrogen and oxygen atoms in total. The molecule has 2 unspecified atom stereocenters. The van der Waals surface area contributed by atoms with Crippen LogP contribution in [0.2, 0.25) is 0 Å². The first-order valence-corrected chi connectivity index (χ1v) is 7.19. The molecule has 2 aromatic rings. The van der Waals surface area contributed by atoms with Gasteiger partial charge >= 0.3 is 0 Å². The van der Waals surface area contributed by atoms with Crippen molar-refractivity contribution in [1.29, 1.82) is 0 Å². The van der Waals surface area contributed by atoms with E-state index in [0.717, 1.165) is 12.0 Å². The molecule has 22 heavy (non-hydrogen) atoms. The van der Waals surface area contributed by atoms with Crippen molar-refractivity contribution in [2.45, 2.75) is 25.7 Å². The molecule has 0 radical (unpaired) electrons. The quantitative estimate of drug-likeness (QED) is 0.935. The number of aromatic nitrogens is 2. The largest absolute Gasteiger partial charge is 0.322 e. The average Bonchev–Trinajstić information content (AvgIpc) is 3.05. The Morgan fingerprint density at radius 1 is 1.41 bits per heavy atom. The number of halogens is 2. The Kier molecular flexibility index (Phi) is 3.68. The number of carbonyl (C=O) groups is 1. The Balaban J connectivity index is 1.86. The molecule has 0 saturated heterocycles. The molecule has 1 heterocycles. The van der Waals surface area contributed by atoms with Crippen LogP contribution >= 0.6 is 0 Å². The fraction of sp³-hybridized carbons (Fsp3) is 0.375. The summed E-state index contributed by atoms with van der Waals surface area (Å²) >= 11 is 0. The Morgan fingerprint density at radius 2 is 2.09 bits per heavy atom. The highest BCUT2D eigenvalue weighted by molar-refractivity contribution is 6.05. The molecule has 1 amide bonds. The van der Waals surface area contributed by atoms with E-state index in [1.807, 2.05) is 18.2 Å². The average molecular weight is 305 g/mol. The summed E-state index contributed by atoms with van der Waals surface area (Å²) < 4.78 is 27.1. The lowest BCUT2D eigenvalue weighted by Crippen LogP contribution is -2.14. The van der Waals surface area contributed by atoms with E-state index in [2.05, 4.69) is 17.3 Å². The van der Waals surface area contributed by atoms with Crippen molar-refractivity contribution in [2.24, 2.45) is 13.0 Å². The number of hydrogen-bond donors (Lipinski definition) is 1. The second-order valence-electron chi connectivity index (χ2n) is 5.76. The number of nitrogens with one attached hydrogen (secondary N) is 1. The summed E-state index contributed by atoms with van der Waals surface area (Å²) in [5.41, 5.74) is 1.17. The maximum absolute atomic E-state index is 13.0. The number of benzene rings is 1. The summed E-state index contributed by atoms with van der Waals surface area (Å²) in [5.74, 6) is 0.470. The zero-order valence-corrected chi connectivity index (χ0v) is 12.4. The minimum atomic E-state index is -2.78. The van der Waals surface area contributed by atoms with E-state index in [4.69, 9.17) is 0 Å². The summed E-state index contributed by atoms with van der Waals surface area (Å²) in [4.78, 5) is 12.3. The van der Waals surface area contributed by atoms with Gasteiger partial charge in [-0.1, -0.05) is 25.1 Å². The molecule has 6 heteroatoms. The second kappa shape index (κ2) is 5.51. The summed E-state index contributed by atoms with van der Waals surface area (Å²) in [6.07, 6.45) is -0.373.